The Balaban J connectivity index is 2.40. The molecule has 0 radical (unpaired) electrons. The highest BCUT2D eigenvalue weighted by molar-refractivity contribution is 7.90. The van der Waals surface area contributed by atoms with Crippen molar-refractivity contribution in [2.45, 2.75) is 31.6 Å². The highest BCUT2D eigenvalue weighted by atomic mass is 32.2. The maximum absolute atomic E-state index is 11.7. The highest BCUT2D eigenvalue weighted by Gasteiger charge is 2.14. The Kier molecular flexibility index (Phi) is 5.35. The lowest BCUT2D eigenvalue weighted by molar-refractivity contribution is -0.119. The quantitative estimate of drug-likeness (QED) is 0.801. The molecule has 1 aromatic carbocycles. The van der Waals surface area contributed by atoms with Crippen molar-refractivity contribution in [3.05, 3.63) is 30.3 Å². The van der Waals surface area contributed by atoms with Gasteiger partial charge in [-0.1, -0.05) is 32.0 Å². The third-order valence-electron chi connectivity index (χ3n) is 2.11. The van der Waals surface area contributed by atoms with Gasteiger partial charge in [0, 0.05) is 6.42 Å². The summed E-state index contributed by atoms with van der Waals surface area (Å²) in [6.07, 6.45) is 1.24. The van der Waals surface area contributed by atoms with Gasteiger partial charge in [-0.15, -0.1) is 0 Å². The molecule has 4 heteroatoms. The molecule has 0 bridgehead atoms. The summed E-state index contributed by atoms with van der Waals surface area (Å²) in [6, 6.07) is 8.92. The standard InChI is InChI=1S/C12H17NO2S/c1-10(2)8-9-12(14)13-16(15)11-6-4-3-5-7-11/h3-7,10H,8-9H2,1-2H3,(H,13,14)/t16-/m0/s1. The molecule has 0 unspecified atom stereocenters. The summed E-state index contributed by atoms with van der Waals surface area (Å²) >= 11 is -1.43. The third-order valence-corrected chi connectivity index (χ3v) is 3.23. The Morgan fingerprint density at radius 3 is 2.56 bits per heavy atom. The summed E-state index contributed by atoms with van der Waals surface area (Å²) in [4.78, 5) is 12.1. The van der Waals surface area contributed by atoms with Crippen LogP contribution in [0.1, 0.15) is 26.7 Å². The first-order chi connectivity index (χ1) is 7.59. The molecule has 1 N–H and O–H groups in total. The van der Waals surface area contributed by atoms with Crippen LogP contribution in [0.15, 0.2) is 35.2 Å². The van der Waals surface area contributed by atoms with E-state index in [1.807, 2.05) is 6.07 Å². The molecule has 0 fully saturated rings. The van der Waals surface area contributed by atoms with Crippen LogP contribution < -0.4 is 4.72 Å². The summed E-state index contributed by atoms with van der Waals surface area (Å²) in [7, 11) is 0. The predicted octanol–water partition coefficient (Wildman–Crippen LogP) is 2.26. The second kappa shape index (κ2) is 6.55. The van der Waals surface area contributed by atoms with Crippen LogP contribution in [0.2, 0.25) is 0 Å². The van der Waals surface area contributed by atoms with E-state index in [9.17, 15) is 9.35 Å². The molecule has 0 aliphatic rings. The van der Waals surface area contributed by atoms with Gasteiger partial charge in [-0.2, -0.15) is 4.72 Å². The number of hydrogen-bond donors (Lipinski definition) is 1. The minimum absolute atomic E-state index is 0.157. The van der Waals surface area contributed by atoms with Crippen molar-refractivity contribution >= 4 is 17.3 Å². The molecule has 0 heterocycles. The van der Waals surface area contributed by atoms with Gasteiger partial charge in [0.15, 0.2) is 4.90 Å². The molecule has 3 nitrogen and oxygen atoms in total. The number of carbonyl (C=O) groups excluding carboxylic acids is 1. The van der Waals surface area contributed by atoms with E-state index in [0.29, 0.717) is 17.2 Å². The Morgan fingerprint density at radius 1 is 1.38 bits per heavy atom. The van der Waals surface area contributed by atoms with Gasteiger partial charge < -0.3 is 4.55 Å². The maximum Gasteiger partial charge on any atom is 0.261 e. The second-order valence-corrected chi connectivity index (χ2v) is 5.25. The zero-order valence-corrected chi connectivity index (χ0v) is 10.4. The minimum Gasteiger partial charge on any atom is -0.588 e. The molecule has 0 spiro atoms. The Bertz CT molecular complexity index is 327. The molecule has 0 saturated carbocycles. The van der Waals surface area contributed by atoms with Crippen molar-refractivity contribution in [2.75, 3.05) is 0 Å². The molecule has 0 aliphatic carbocycles. The SMILES string of the molecule is CC(C)CCC(=O)N[S@@+]([O-])c1ccccc1. The van der Waals surface area contributed by atoms with Crippen molar-refractivity contribution in [1.82, 2.24) is 4.72 Å². The number of nitrogens with one attached hydrogen (secondary N) is 1. The van der Waals surface area contributed by atoms with E-state index in [4.69, 9.17) is 0 Å². The maximum atomic E-state index is 11.7. The lowest BCUT2D eigenvalue weighted by atomic mass is 10.1. The molecular weight excluding hydrogens is 222 g/mol. The average Bonchev–Trinajstić information content (AvgIpc) is 2.27. The van der Waals surface area contributed by atoms with Gasteiger partial charge in [0.25, 0.3) is 5.91 Å². The summed E-state index contributed by atoms with van der Waals surface area (Å²) in [5, 5.41) is 0. The Labute approximate surface area is 99.6 Å². The topological polar surface area (TPSA) is 52.2 Å². The van der Waals surface area contributed by atoms with Crippen molar-refractivity contribution in [2.24, 2.45) is 5.92 Å². The first-order valence-electron chi connectivity index (χ1n) is 5.36. The van der Waals surface area contributed by atoms with Crippen molar-refractivity contribution in [1.29, 1.82) is 0 Å². The van der Waals surface area contributed by atoms with E-state index < -0.39 is 11.4 Å². The molecule has 1 atom stereocenters. The third kappa shape index (κ3) is 4.68. The second-order valence-electron chi connectivity index (χ2n) is 4.04. The van der Waals surface area contributed by atoms with Gasteiger partial charge in [0.05, 0.1) is 0 Å². The molecule has 88 valence electrons. The zero-order valence-electron chi connectivity index (χ0n) is 9.60. The molecule has 1 amide bonds. The molecule has 0 saturated heterocycles. The van der Waals surface area contributed by atoms with E-state index in [2.05, 4.69) is 18.6 Å². The number of hydrogen-bond acceptors (Lipinski definition) is 2. The molecule has 1 rings (SSSR count). The van der Waals surface area contributed by atoms with E-state index in [1.165, 1.54) is 0 Å². The largest absolute Gasteiger partial charge is 0.588 e. The molecule has 0 aromatic heterocycles. The lowest BCUT2D eigenvalue weighted by Crippen LogP contribution is -2.30. The Hall–Kier alpha value is -1.00. The fraction of sp³-hybridized carbons (Fsp3) is 0.417. The van der Waals surface area contributed by atoms with E-state index in [0.717, 1.165) is 6.42 Å². The number of benzene rings is 1. The van der Waals surface area contributed by atoms with E-state index >= 15 is 0 Å². The normalized spacial score (nSPS) is 12.5. The predicted molar refractivity (Wildman–Crippen MR) is 65.1 cm³/mol. The first kappa shape index (κ1) is 13.1. The van der Waals surface area contributed by atoms with Gasteiger partial charge in [-0.05, 0) is 24.5 Å². The van der Waals surface area contributed by atoms with Crippen LogP contribution in [0, 0.1) is 5.92 Å². The minimum atomic E-state index is -1.43. The smallest absolute Gasteiger partial charge is 0.261 e. The average molecular weight is 239 g/mol. The number of amides is 1. The van der Waals surface area contributed by atoms with Crippen LogP contribution in [0.3, 0.4) is 0 Å². The summed E-state index contributed by atoms with van der Waals surface area (Å²) < 4.78 is 14.2. The number of rotatable bonds is 5. The number of carbonyl (C=O) groups is 1. The molecular formula is C12H17NO2S. The zero-order chi connectivity index (χ0) is 12.0. The summed E-state index contributed by atoms with van der Waals surface area (Å²) in [5.74, 6) is 0.326. The fourth-order valence-electron chi connectivity index (χ4n) is 1.18. The monoisotopic (exact) mass is 239 g/mol. The van der Waals surface area contributed by atoms with Crippen molar-refractivity contribution in [3.63, 3.8) is 0 Å². The van der Waals surface area contributed by atoms with Gasteiger partial charge in [-0.3, -0.25) is 4.79 Å². The van der Waals surface area contributed by atoms with Crippen molar-refractivity contribution < 1.29 is 9.35 Å². The Morgan fingerprint density at radius 2 is 2.00 bits per heavy atom. The van der Waals surface area contributed by atoms with Crippen LogP contribution >= 0.6 is 0 Å². The van der Waals surface area contributed by atoms with Crippen LogP contribution in [-0.4, -0.2) is 10.5 Å². The molecule has 1 aromatic rings. The van der Waals surface area contributed by atoms with E-state index in [-0.39, 0.29) is 5.91 Å². The fourth-order valence-corrected chi connectivity index (χ4v) is 2.01. The summed E-state index contributed by atoms with van der Waals surface area (Å²) in [6.45, 7) is 4.11. The molecule has 0 aliphatic heterocycles. The first-order valence-corrected chi connectivity index (χ1v) is 6.51. The van der Waals surface area contributed by atoms with Gasteiger partial charge in [-0.25, -0.2) is 0 Å². The van der Waals surface area contributed by atoms with Gasteiger partial charge >= 0.3 is 0 Å². The van der Waals surface area contributed by atoms with Crippen LogP contribution in [0.4, 0.5) is 0 Å². The van der Waals surface area contributed by atoms with Crippen LogP contribution in [0.25, 0.3) is 0 Å². The van der Waals surface area contributed by atoms with Crippen LogP contribution in [-0.2, 0) is 16.2 Å². The highest BCUT2D eigenvalue weighted by Crippen LogP contribution is 2.08. The van der Waals surface area contributed by atoms with Gasteiger partial charge in [0.1, 0.15) is 11.4 Å². The van der Waals surface area contributed by atoms with Gasteiger partial charge in [0.2, 0.25) is 0 Å². The van der Waals surface area contributed by atoms with Crippen molar-refractivity contribution in [3.8, 4) is 0 Å². The summed E-state index contributed by atoms with van der Waals surface area (Å²) in [5.41, 5.74) is 0. The van der Waals surface area contributed by atoms with E-state index in [1.54, 1.807) is 24.3 Å². The van der Waals surface area contributed by atoms with Crippen LogP contribution in [0.5, 0.6) is 0 Å². The molecule has 16 heavy (non-hydrogen) atoms. The lowest BCUT2D eigenvalue weighted by Gasteiger charge is -2.10.